The van der Waals surface area contributed by atoms with Crippen molar-refractivity contribution in [1.29, 1.82) is 0 Å². The number of para-hydroxylation sites is 1. The molecule has 0 saturated carbocycles. The summed E-state index contributed by atoms with van der Waals surface area (Å²) in [7, 11) is -11.1. The number of sulfone groups is 2. The van der Waals surface area contributed by atoms with E-state index in [0.717, 1.165) is 4.31 Å². The molecule has 0 amide bonds. The lowest BCUT2D eigenvalue weighted by molar-refractivity contribution is 0.161. The van der Waals surface area contributed by atoms with Crippen molar-refractivity contribution in [3.05, 3.63) is 36.5 Å². The summed E-state index contributed by atoms with van der Waals surface area (Å²) in [5, 5.41) is 3.73. The van der Waals surface area contributed by atoms with Crippen LogP contribution < -0.4 is 5.32 Å². The van der Waals surface area contributed by atoms with Gasteiger partial charge in [0.2, 0.25) is 10.0 Å². The summed E-state index contributed by atoms with van der Waals surface area (Å²) in [6.45, 7) is 0. The Kier molecular flexibility index (Phi) is 4.14. The molecule has 1 aromatic heterocycles. The molecule has 1 N–H and O–H groups in total. The molecule has 3 fully saturated rings. The molecule has 0 bridgehead atoms. The zero-order chi connectivity index (χ0) is 20.6. The van der Waals surface area contributed by atoms with E-state index in [9.17, 15) is 25.3 Å². The molecule has 4 atom stereocenters. The second-order valence-electron chi connectivity index (χ2n) is 7.83. The number of hydrogen-bond donors (Lipinski definition) is 1. The van der Waals surface area contributed by atoms with Crippen LogP contribution in [0.25, 0.3) is 10.9 Å². The lowest BCUT2D eigenvalue weighted by atomic mass is 10.0. The number of nitrogens with zero attached hydrogens (tertiary/aromatic N) is 2. The van der Waals surface area contributed by atoms with Crippen LogP contribution in [0, 0.1) is 0 Å². The van der Waals surface area contributed by atoms with Crippen molar-refractivity contribution < 1.29 is 25.3 Å². The summed E-state index contributed by atoms with van der Waals surface area (Å²) in [5.41, 5.74) is 0.281. The van der Waals surface area contributed by atoms with Gasteiger partial charge in [0, 0.05) is 23.7 Å². The summed E-state index contributed by atoms with van der Waals surface area (Å²) in [6, 6.07) is 5.25. The van der Waals surface area contributed by atoms with E-state index in [1.165, 1.54) is 12.3 Å². The molecule has 4 heterocycles. The van der Waals surface area contributed by atoms with Gasteiger partial charge in [-0.3, -0.25) is 4.98 Å². The molecule has 2 aromatic rings. The van der Waals surface area contributed by atoms with E-state index in [1.54, 1.807) is 24.3 Å². The van der Waals surface area contributed by atoms with Crippen LogP contribution in [0.15, 0.2) is 41.4 Å². The fourth-order valence-corrected chi connectivity index (χ4v) is 10.8. The summed E-state index contributed by atoms with van der Waals surface area (Å²) < 4.78 is 77.8. The van der Waals surface area contributed by atoms with E-state index < -0.39 is 53.9 Å². The Morgan fingerprint density at radius 3 is 2.10 bits per heavy atom. The highest BCUT2D eigenvalue weighted by atomic mass is 32.2. The zero-order valence-electron chi connectivity index (χ0n) is 15.2. The lowest BCUT2D eigenvalue weighted by Crippen LogP contribution is -2.67. The Labute approximate surface area is 169 Å². The number of hydrogen-bond acceptors (Lipinski definition) is 8. The third-order valence-corrected chi connectivity index (χ3v) is 11.3. The molecular formula is C17H19N3O6S3. The van der Waals surface area contributed by atoms with Crippen molar-refractivity contribution in [2.75, 3.05) is 23.0 Å². The second-order valence-corrected chi connectivity index (χ2v) is 14.0. The number of sulfonamides is 1. The minimum atomic E-state index is -4.20. The van der Waals surface area contributed by atoms with Gasteiger partial charge in [0.05, 0.1) is 40.6 Å². The van der Waals surface area contributed by atoms with Gasteiger partial charge >= 0.3 is 0 Å². The van der Waals surface area contributed by atoms with Crippen molar-refractivity contribution in [3.8, 4) is 0 Å². The predicted octanol–water partition coefficient (Wildman–Crippen LogP) is -0.840. The molecule has 0 aliphatic carbocycles. The van der Waals surface area contributed by atoms with E-state index in [-0.39, 0.29) is 33.4 Å². The Morgan fingerprint density at radius 1 is 0.897 bits per heavy atom. The Bertz CT molecular complexity index is 1270. The molecule has 3 aliphatic heterocycles. The van der Waals surface area contributed by atoms with Crippen molar-refractivity contribution in [1.82, 2.24) is 14.6 Å². The summed E-state index contributed by atoms with van der Waals surface area (Å²) >= 11 is 0. The molecule has 0 radical (unpaired) electrons. The first-order chi connectivity index (χ1) is 13.6. The Morgan fingerprint density at radius 2 is 1.48 bits per heavy atom. The normalized spacial score (nSPS) is 33.4. The number of rotatable bonds is 2. The molecule has 1 aromatic carbocycles. The van der Waals surface area contributed by atoms with Gasteiger partial charge in [0.15, 0.2) is 19.7 Å². The van der Waals surface area contributed by atoms with E-state index in [4.69, 9.17) is 0 Å². The highest BCUT2D eigenvalue weighted by Gasteiger charge is 2.57. The van der Waals surface area contributed by atoms with E-state index in [1.807, 2.05) is 0 Å². The molecule has 9 nitrogen and oxygen atoms in total. The average molecular weight is 458 g/mol. The van der Waals surface area contributed by atoms with Gasteiger partial charge in [-0.2, -0.15) is 4.31 Å². The van der Waals surface area contributed by atoms with Gasteiger partial charge in [-0.15, -0.1) is 0 Å². The molecule has 156 valence electrons. The first-order valence-electron chi connectivity index (χ1n) is 9.12. The van der Waals surface area contributed by atoms with Crippen LogP contribution in [0.2, 0.25) is 0 Å². The third-order valence-electron chi connectivity index (χ3n) is 5.88. The molecule has 12 heteroatoms. The Balaban J connectivity index is 1.70. The van der Waals surface area contributed by atoms with Crippen molar-refractivity contribution in [2.24, 2.45) is 0 Å². The molecular weight excluding hydrogens is 438 g/mol. The summed E-state index contributed by atoms with van der Waals surface area (Å²) in [5.74, 6) is -1.07. The van der Waals surface area contributed by atoms with E-state index in [2.05, 4.69) is 10.3 Å². The van der Waals surface area contributed by atoms with Gasteiger partial charge in [-0.25, -0.2) is 25.3 Å². The monoisotopic (exact) mass is 457 g/mol. The number of nitrogens with one attached hydrogen (secondary N) is 1. The number of aromatic nitrogens is 1. The van der Waals surface area contributed by atoms with Crippen molar-refractivity contribution in [3.63, 3.8) is 0 Å². The topological polar surface area (TPSA) is 131 Å². The maximum absolute atomic E-state index is 13.8. The van der Waals surface area contributed by atoms with Gasteiger partial charge in [0.1, 0.15) is 4.90 Å². The number of fused-ring (bicyclic) bond motifs is 3. The first kappa shape index (κ1) is 19.4. The van der Waals surface area contributed by atoms with E-state index in [0.29, 0.717) is 5.39 Å². The Hall–Kier alpha value is -1.60. The maximum Gasteiger partial charge on any atom is 0.245 e. The smallest absolute Gasteiger partial charge is 0.245 e. The molecule has 0 unspecified atom stereocenters. The van der Waals surface area contributed by atoms with Crippen LogP contribution in [-0.4, -0.2) is 81.7 Å². The minimum Gasteiger partial charge on any atom is -0.306 e. The molecule has 0 spiro atoms. The third kappa shape index (κ3) is 3.08. The van der Waals surface area contributed by atoms with Crippen LogP contribution in [-0.2, 0) is 29.7 Å². The second kappa shape index (κ2) is 6.20. The van der Waals surface area contributed by atoms with Gasteiger partial charge in [-0.1, -0.05) is 18.2 Å². The van der Waals surface area contributed by atoms with Crippen molar-refractivity contribution in [2.45, 2.75) is 29.1 Å². The van der Waals surface area contributed by atoms with Crippen LogP contribution >= 0.6 is 0 Å². The fraction of sp³-hybridized carbons (Fsp3) is 0.471. The quantitative estimate of drug-likeness (QED) is 0.618. The van der Waals surface area contributed by atoms with Crippen molar-refractivity contribution >= 4 is 40.6 Å². The predicted molar refractivity (Wildman–Crippen MR) is 106 cm³/mol. The average Bonchev–Trinajstić information content (AvgIpc) is 3.10. The lowest BCUT2D eigenvalue weighted by Gasteiger charge is -2.43. The molecule has 3 saturated heterocycles. The van der Waals surface area contributed by atoms with Gasteiger partial charge < -0.3 is 5.32 Å². The van der Waals surface area contributed by atoms with E-state index >= 15 is 0 Å². The number of pyridine rings is 1. The SMILES string of the molecule is O=S1(=O)C[C@@H]2N[C@@H]3CS(=O)(=O)C[C@@H]3N(S(=O)(=O)c3cccc4cccnc34)[C@H]2C1. The maximum atomic E-state index is 13.8. The standard InChI is InChI=1S/C17H19N3O6S3/c21-27(22)7-12-14(9-27)20(15-10-28(23,24)8-13(15)19-12)29(25,26)16-5-1-3-11-4-2-6-18-17(11)16/h1-6,12-15,19H,7-10H2/t12-,13+,14-,15-/m0/s1. The fourth-order valence-electron chi connectivity index (χ4n) is 4.75. The van der Waals surface area contributed by atoms with Gasteiger partial charge in [0.25, 0.3) is 0 Å². The van der Waals surface area contributed by atoms with Crippen LogP contribution in [0.1, 0.15) is 0 Å². The highest BCUT2D eigenvalue weighted by Crippen LogP contribution is 2.37. The van der Waals surface area contributed by atoms with Crippen LogP contribution in [0.5, 0.6) is 0 Å². The number of benzene rings is 1. The van der Waals surface area contributed by atoms with Crippen LogP contribution in [0.3, 0.4) is 0 Å². The number of piperazine rings is 1. The first-order valence-corrected chi connectivity index (χ1v) is 14.2. The van der Waals surface area contributed by atoms with Gasteiger partial charge in [-0.05, 0) is 12.1 Å². The molecule has 29 heavy (non-hydrogen) atoms. The molecule has 5 rings (SSSR count). The minimum absolute atomic E-state index is 0.0383. The largest absolute Gasteiger partial charge is 0.306 e. The molecule has 3 aliphatic rings. The van der Waals surface area contributed by atoms with Crippen LogP contribution in [0.4, 0.5) is 0 Å². The highest BCUT2D eigenvalue weighted by molar-refractivity contribution is 7.92. The summed E-state index contributed by atoms with van der Waals surface area (Å²) in [6.07, 6.45) is 1.49. The summed E-state index contributed by atoms with van der Waals surface area (Å²) in [4.78, 5) is 4.17. The zero-order valence-corrected chi connectivity index (χ0v) is 17.6.